The molecule has 1 unspecified atom stereocenters. The van der Waals surface area contributed by atoms with Crippen molar-refractivity contribution in [2.24, 2.45) is 0 Å². The van der Waals surface area contributed by atoms with Crippen LogP contribution in [-0.4, -0.2) is 17.4 Å². The number of rotatable bonds is 4. The number of benzene rings is 1. The van der Waals surface area contributed by atoms with Crippen LogP contribution in [0.25, 0.3) is 0 Å². The highest BCUT2D eigenvalue weighted by atomic mass is 19.3. The van der Waals surface area contributed by atoms with Crippen molar-refractivity contribution < 1.29 is 32.5 Å². The van der Waals surface area contributed by atoms with Gasteiger partial charge in [0.1, 0.15) is 11.3 Å². The van der Waals surface area contributed by atoms with Crippen molar-refractivity contribution in [2.45, 2.75) is 13.2 Å². The summed E-state index contributed by atoms with van der Waals surface area (Å²) in [5.41, 5.74) is -0.283. The van der Waals surface area contributed by atoms with Crippen LogP contribution in [0.3, 0.4) is 0 Å². The van der Waals surface area contributed by atoms with E-state index in [2.05, 4.69) is 9.47 Å². The van der Waals surface area contributed by atoms with Crippen LogP contribution in [0, 0.1) is 0 Å². The van der Waals surface area contributed by atoms with Gasteiger partial charge in [0.25, 0.3) is 0 Å². The number of hydrogen-bond acceptors (Lipinski definition) is 4. The lowest BCUT2D eigenvalue weighted by atomic mass is 10.2. The van der Waals surface area contributed by atoms with Crippen molar-refractivity contribution in [2.75, 3.05) is 0 Å². The van der Waals surface area contributed by atoms with Crippen molar-refractivity contribution in [1.82, 2.24) is 0 Å². The minimum absolute atomic E-state index is 0.283. The summed E-state index contributed by atoms with van der Waals surface area (Å²) < 4.78 is 45.0. The van der Waals surface area contributed by atoms with E-state index in [-0.39, 0.29) is 5.56 Å². The van der Waals surface area contributed by atoms with Crippen molar-refractivity contribution in [3.63, 3.8) is 0 Å². The number of aliphatic hydroxyl groups is 1. The van der Waals surface area contributed by atoms with Gasteiger partial charge in [-0.1, -0.05) is 12.1 Å². The molecule has 1 aromatic rings. The van der Waals surface area contributed by atoms with Crippen LogP contribution in [0.2, 0.25) is 0 Å². The highest BCUT2D eigenvalue weighted by Gasteiger charge is 2.18. The lowest BCUT2D eigenvalue weighted by Gasteiger charge is -2.10. The fourth-order valence-corrected chi connectivity index (χ4v) is 1.08. The normalized spacial score (nSPS) is 11.6. The van der Waals surface area contributed by atoms with Gasteiger partial charge in [-0.3, -0.25) is 0 Å². The molecule has 0 amide bonds. The molecule has 1 atom stereocenters. The average Bonchev–Trinajstić information content (AvgIpc) is 2.28. The van der Waals surface area contributed by atoms with E-state index in [1.807, 2.05) is 0 Å². The topological polar surface area (TPSA) is 55.8 Å². The first-order valence-electron chi connectivity index (χ1n) is 4.78. The number of ether oxygens (including phenoxy) is 2. The van der Waals surface area contributed by atoms with Crippen LogP contribution in [0.15, 0.2) is 36.4 Å². The van der Waals surface area contributed by atoms with Crippen LogP contribution in [0.5, 0.6) is 5.75 Å². The van der Waals surface area contributed by atoms with Crippen LogP contribution < -0.4 is 4.74 Å². The Bertz CT molecular complexity index is 467. The second-order valence-corrected chi connectivity index (χ2v) is 3.14. The Balaban J connectivity index is 3.00. The quantitative estimate of drug-likeness (QED) is 0.514. The minimum Gasteiger partial charge on any atom is -0.433 e. The van der Waals surface area contributed by atoms with Gasteiger partial charge in [-0.15, -0.1) is 0 Å². The van der Waals surface area contributed by atoms with E-state index in [9.17, 15) is 18.0 Å². The molecule has 1 N–H and O–H groups in total. The molecule has 0 saturated carbocycles. The Kier molecular flexibility index (Phi) is 4.73. The Morgan fingerprint density at radius 1 is 1.28 bits per heavy atom. The molecule has 0 heterocycles. The van der Waals surface area contributed by atoms with Gasteiger partial charge in [0, 0.05) is 0 Å². The molecule has 0 spiro atoms. The summed E-state index contributed by atoms with van der Waals surface area (Å²) in [5, 5.41) is 8.86. The maximum absolute atomic E-state index is 12.6. The first-order chi connectivity index (χ1) is 8.41. The first-order valence-corrected chi connectivity index (χ1v) is 4.78. The van der Waals surface area contributed by atoms with E-state index in [1.54, 1.807) is 0 Å². The van der Waals surface area contributed by atoms with Gasteiger partial charge < -0.3 is 14.6 Å². The summed E-state index contributed by atoms with van der Waals surface area (Å²) in [5.74, 6) is -1.46. The number of hydrogen-bond donors (Lipinski definition) is 1. The van der Waals surface area contributed by atoms with Crippen LogP contribution in [0.4, 0.5) is 13.2 Å². The Morgan fingerprint density at radius 2 is 1.89 bits per heavy atom. The lowest BCUT2D eigenvalue weighted by Crippen LogP contribution is -2.14. The smallest absolute Gasteiger partial charge is 0.344 e. The number of esters is 1. The molecule has 7 heteroatoms. The molecule has 0 aromatic heterocycles. The third-order valence-electron chi connectivity index (χ3n) is 1.73. The molecule has 0 aliphatic heterocycles. The van der Waals surface area contributed by atoms with Crippen LogP contribution >= 0.6 is 0 Å². The van der Waals surface area contributed by atoms with E-state index >= 15 is 0 Å². The molecule has 0 saturated heterocycles. The first kappa shape index (κ1) is 14.0. The summed E-state index contributed by atoms with van der Waals surface area (Å²) in [6, 6.07) is 2.95. The predicted molar refractivity (Wildman–Crippen MR) is 54.5 cm³/mol. The van der Waals surface area contributed by atoms with E-state index in [1.165, 1.54) is 25.1 Å². The Hall–Kier alpha value is -2.02. The van der Waals surface area contributed by atoms with Crippen molar-refractivity contribution in [3.05, 3.63) is 41.9 Å². The molecule has 1 rings (SSSR count). The molecule has 0 fully saturated rings. The minimum atomic E-state index is -2.64. The zero-order chi connectivity index (χ0) is 13.7. The van der Waals surface area contributed by atoms with Gasteiger partial charge in [-0.05, 0) is 19.1 Å². The summed E-state index contributed by atoms with van der Waals surface area (Å²) in [7, 11) is 0. The summed E-state index contributed by atoms with van der Waals surface area (Å²) in [6.07, 6.45) is -4.03. The maximum atomic E-state index is 12.6. The fourth-order valence-electron chi connectivity index (χ4n) is 1.08. The highest BCUT2D eigenvalue weighted by molar-refractivity contribution is 5.92. The third-order valence-corrected chi connectivity index (χ3v) is 1.73. The van der Waals surface area contributed by atoms with E-state index in [0.717, 1.165) is 6.07 Å². The third kappa shape index (κ3) is 3.77. The maximum Gasteiger partial charge on any atom is 0.344 e. The molecular weight excluding hydrogens is 253 g/mol. The second-order valence-electron chi connectivity index (χ2n) is 3.14. The highest BCUT2D eigenvalue weighted by Crippen LogP contribution is 2.23. The largest absolute Gasteiger partial charge is 0.433 e. The zero-order valence-electron chi connectivity index (χ0n) is 9.19. The summed E-state index contributed by atoms with van der Waals surface area (Å²) in [4.78, 5) is 11.4. The monoisotopic (exact) mass is 262 g/mol. The van der Waals surface area contributed by atoms with Gasteiger partial charge in [0.05, 0.1) is 0 Å². The molecule has 0 bridgehead atoms. The molecule has 1 aromatic carbocycles. The van der Waals surface area contributed by atoms with Gasteiger partial charge >= 0.3 is 18.1 Å². The van der Waals surface area contributed by atoms with E-state index < -0.39 is 30.1 Å². The van der Waals surface area contributed by atoms with Gasteiger partial charge in [-0.25, -0.2) is 4.79 Å². The summed E-state index contributed by atoms with van der Waals surface area (Å²) in [6.45, 7) is 1.18. The zero-order valence-corrected chi connectivity index (χ0v) is 9.19. The number of aliphatic hydroxyl groups excluding tert-OH is 1. The molecule has 0 radical (unpaired) electrons. The van der Waals surface area contributed by atoms with Gasteiger partial charge in [0.15, 0.2) is 6.29 Å². The van der Waals surface area contributed by atoms with Gasteiger partial charge in [0.2, 0.25) is 0 Å². The molecule has 0 aliphatic carbocycles. The SMILES string of the molecule is CC(O)OC(=O)c1ccccc1OC(F)=C(F)F. The number of carbonyl (C=O) groups excluding carboxylic acids is 1. The number of halogens is 3. The molecular formula is C11H9F3O4. The van der Waals surface area contributed by atoms with Crippen LogP contribution in [-0.2, 0) is 4.74 Å². The lowest BCUT2D eigenvalue weighted by molar-refractivity contribution is -0.0524. The number of carbonyl (C=O) groups is 1. The van der Waals surface area contributed by atoms with E-state index in [4.69, 9.17) is 5.11 Å². The molecule has 98 valence electrons. The van der Waals surface area contributed by atoms with Crippen molar-refractivity contribution in [1.29, 1.82) is 0 Å². The second kappa shape index (κ2) is 6.06. The van der Waals surface area contributed by atoms with Crippen molar-refractivity contribution in [3.8, 4) is 5.75 Å². The molecule has 4 nitrogen and oxygen atoms in total. The average molecular weight is 262 g/mol. The van der Waals surface area contributed by atoms with Crippen LogP contribution in [0.1, 0.15) is 17.3 Å². The predicted octanol–water partition coefficient (Wildman–Crippen LogP) is 2.60. The molecule has 0 aliphatic rings. The molecule has 18 heavy (non-hydrogen) atoms. The number of para-hydroxylation sites is 1. The Labute approximate surface area is 100 Å². The standard InChI is InChI=1S/C11H9F3O4/c1-6(15)17-11(16)7-4-2-3-5-8(7)18-10(14)9(12)13/h2-6,15H,1H3. The van der Waals surface area contributed by atoms with Crippen molar-refractivity contribution >= 4 is 5.97 Å². The summed E-state index contributed by atoms with van der Waals surface area (Å²) >= 11 is 0. The fraction of sp³-hybridized carbons (Fsp3) is 0.182. The Morgan fingerprint density at radius 3 is 2.44 bits per heavy atom. The van der Waals surface area contributed by atoms with E-state index in [0.29, 0.717) is 0 Å². The van der Waals surface area contributed by atoms with Gasteiger partial charge in [-0.2, -0.15) is 13.2 Å².